The van der Waals surface area contributed by atoms with Crippen molar-refractivity contribution in [3.63, 3.8) is 0 Å². The molecule has 0 aliphatic rings. The van der Waals surface area contributed by atoms with E-state index in [1.807, 2.05) is 27.3 Å². The second-order valence-electron chi connectivity index (χ2n) is 4.96. The van der Waals surface area contributed by atoms with E-state index in [2.05, 4.69) is 10.6 Å². The van der Waals surface area contributed by atoms with Crippen molar-refractivity contribution < 1.29 is 34.7 Å². The number of hydrogen-bond donors (Lipinski definition) is 2. The molecule has 0 aliphatic carbocycles. The number of rotatable bonds is 13. The number of ether oxygens (including phenoxy) is 1. The Morgan fingerprint density at radius 3 is 2.33 bits per heavy atom. The summed E-state index contributed by atoms with van der Waals surface area (Å²) in [6, 6.07) is 0. The summed E-state index contributed by atoms with van der Waals surface area (Å²) in [5.41, 5.74) is 0. The molecule has 6 nitrogen and oxygen atoms in total. The van der Waals surface area contributed by atoms with Gasteiger partial charge in [-0.1, -0.05) is 13.8 Å². The van der Waals surface area contributed by atoms with Gasteiger partial charge in [0.25, 0.3) is 0 Å². The molecule has 0 saturated heterocycles. The van der Waals surface area contributed by atoms with Crippen LogP contribution in [0.4, 0.5) is 0 Å². The predicted octanol–water partition coefficient (Wildman–Crippen LogP) is 0.142. The van der Waals surface area contributed by atoms with Crippen LogP contribution < -0.4 is 10.6 Å². The summed E-state index contributed by atoms with van der Waals surface area (Å²) in [4.78, 5) is 23.6. The van der Waals surface area contributed by atoms with Crippen LogP contribution in [0.2, 0.25) is 0 Å². The van der Waals surface area contributed by atoms with Gasteiger partial charge in [-0.3, -0.25) is 4.79 Å². The van der Waals surface area contributed by atoms with Gasteiger partial charge in [-0.05, 0) is 46.1 Å². The molecular formula is C14H28N3O3Re-. The Morgan fingerprint density at radius 2 is 1.81 bits per heavy atom. The third kappa shape index (κ3) is 14.2. The van der Waals surface area contributed by atoms with Gasteiger partial charge in [0.15, 0.2) is 0 Å². The summed E-state index contributed by atoms with van der Waals surface area (Å²) >= 11 is 0. The third-order valence-corrected chi connectivity index (χ3v) is 2.76. The first-order valence-electron chi connectivity index (χ1n) is 7.26. The minimum atomic E-state index is -0.168. The van der Waals surface area contributed by atoms with Crippen LogP contribution in [-0.4, -0.2) is 63.7 Å². The number of nitrogens with zero attached hydrogens (tertiary/aromatic N) is 1. The summed E-state index contributed by atoms with van der Waals surface area (Å²) < 4.78 is 5.04. The van der Waals surface area contributed by atoms with Crippen LogP contribution in [0.5, 0.6) is 0 Å². The van der Waals surface area contributed by atoms with Crippen LogP contribution in [0, 0.1) is 5.92 Å². The number of amides is 1. The van der Waals surface area contributed by atoms with Gasteiger partial charge >= 0.3 is 5.97 Å². The molecule has 7 heteroatoms. The van der Waals surface area contributed by atoms with E-state index in [9.17, 15) is 9.59 Å². The molecule has 1 radical (unpaired) electrons. The average molecular weight is 473 g/mol. The van der Waals surface area contributed by atoms with Gasteiger partial charge in [0, 0.05) is 27.0 Å². The molecule has 0 rings (SSSR count). The summed E-state index contributed by atoms with van der Waals surface area (Å²) in [6.07, 6.45) is 3.75. The summed E-state index contributed by atoms with van der Waals surface area (Å²) in [6.45, 7) is 7.79. The van der Waals surface area contributed by atoms with E-state index >= 15 is 0 Å². The van der Waals surface area contributed by atoms with Gasteiger partial charge in [-0.2, -0.15) is 6.41 Å². The fourth-order valence-corrected chi connectivity index (χ4v) is 1.56. The maximum atomic E-state index is 11.2. The molecule has 0 saturated carbocycles. The third-order valence-electron chi connectivity index (χ3n) is 2.76. The quantitative estimate of drug-likeness (QED) is 0.173. The second-order valence-corrected chi connectivity index (χ2v) is 4.96. The maximum absolute atomic E-state index is 11.2. The molecule has 0 heterocycles. The van der Waals surface area contributed by atoms with Gasteiger partial charge in [0.1, 0.15) is 6.61 Å². The number of hydrogen-bond acceptors (Lipinski definition) is 5. The van der Waals surface area contributed by atoms with Crippen LogP contribution in [0.1, 0.15) is 26.7 Å². The van der Waals surface area contributed by atoms with E-state index in [-0.39, 0.29) is 32.3 Å². The Hall–Kier alpha value is -0.478. The molecular weight excluding hydrogens is 444 g/mol. The smallest absolute Gasteiger partial charge is 0.308 e. The predicted molar refractivity (Wildman–Crippen MR) is 79.1 cm³/mol. The molecule has 0 unspecified atom stereocenters. The molecule has 21 heavy (non-hydrogen) atoms. The SMILES string of the molecule is CNCCCN([C-]=O)CCCNCCOC(=O)C(C)C.[Re]. The van der Waals surface area contributed by atoms with Crippen molar-refractivity contribution in [1.82, 2.24) is 15.5 Å². The van der Waals surface area contributed by atoms with E-state index < -0.39 is 0 Å². The van der Waals surface area contributed by atoms with Crippen molar-refractivity contribution in [3.05, 3.63) is 0 Å². The zero-order valence-electron chi connectivity index (χ0n) is 13.3. The summed E-state index contributed by atoms with van der Waals surface area (Å²) in [5, 5.41) is 6.22. The Balaban J connectivity index is 0. The van der Waals surface area contributed by atoms with Gasteiger partial charge in [0.05, 0.1) is 5.92 Å². The maximum Gasteiger partial charge on any atom is 0.308 e. The zero-order valence-corrected chi connectivity index (χ0v) is 16.0. The molecule has 0 aromatic carbocycles. The topological polar surface area (TPSA) is 70.7 Å². The Labute approximate surface area is 142 Å². The number of esters is 1. The molecule has 0 aromatic heterocycles. The number of carbonyl (C=O) groups is 1. The van der Waals surface area contributed by atoms with Gasteiger partial charge < -0.3 is 25.1 Å². The molecule has 2 N–H and O–H groups in total. The van der Waals surface area contributed by atoms with E-state index in [0.29, 0.717) is 19.7 Å². The van der Waals surface area contributed by atoms with Gasteiger partial charge in [-0.15, -0.1) is 0 Å². The Morgan fingerprint density at radius 1 is 1.19 bits per heavy atom. The number of nitrogens with one attached hydrogen (secondary N) is 2. The van der Waals surface area contributed by atoms with Crippen molar-refractivity contribution in [2.75, 3.05) is 46.4 Å². The minimum Gasteiger partial charge on any atom is -0.520 e. The normalized spacial score (nSPS) is 10.1. The van der Waals surface area contributed by atoms with Crippen molar-refractivity contribution in [2.45, 2.75) is 26.7 Å². The van der Waals surface area contributed by atoms with Crippen LogP contribution in [-0.2, 0) is 34.7 Å². The van der Waals surface area contributed by atoms with E-state index in [1.165, 1.54) is 0 Å². The fourth-order valence-electron chi connectivity index (χ4n) is 1.56. The Kier molecular flexibility index (Phi) is 17.3. The molecule has 0 aliphatic heterocycles. The molecule has 1 amide bonds. The van der Waals surface area contributed by atoms with Gasteiger partial charge in [0.2, 0.25) is 0 Å². The summed E-state index contributed by atoms with van der Waals surface area (Å²) in [5.74, 6) is -0.248. The van der Waals surface area contributed by atoms with Crippen LogP contribution in [0.3, 0.4) is 0 Å². The largest absolute Gasteiger partial charge is 0.520 e. The molecule has 0 aromatic rings. The molecule has 125 valence electrons. The first-order valence-corrected chi connectivity index (χ1v) is 7.26. The van der Waals surface area contributed by atoms with Gasteiger partial charge in [-0.25, -0.2) is 0 Å². The van der Waals surface area contributed by atoms with Crippen LogP contribution in [0.15, 0.2) is 0 Å². The first kappa shape index (κ1) is 22.8. The monoisotopic (exact) mass is 473 g/mol. The van der Waals surface area contributed by atoms with Crippen molar-refractivity contribution in [2.24, 2.45) is 5.92 Å². The molecule has 0 atom stereocenters. The van der Waals surface area contributed by atoms with Crippen molar-refractivity contribution in [1.29, 1.82) is 0 Å². The molecule has 0 fully saturated rings. The van der Waals surface area contributed by atoms with E-state index in [0.717, 1.165) is 32.5 Å². The molecule has 0 spiro atoms. The summed E-state index contributed by atoms with van der Waals surface area (Å²) in [7, 11) is 1.89. The van der Waals surface area contributed by atoms with E-state index in [1.54, 1.807) is 4.90 Å². The fraction of sp³-hybridized carbons (Fsp3) is 0.857. The second kappa shape index (κ2) is 15.9. The number of carbonyl (C=O) groups excluding carboxylic acids is 2. The van der Waals surface area contributed by atoms with Crippen LogP contribution in [0.25, 0.3) is 0 Å². The first-order chi connectivity index (χ1) is 9.61. The zero-order chi connectivity index (χ0) is 15.2. The van der Waals surface area contributed by atoms with Crippen molar-refractivity contribution >= 4 is 12.4 Å². The van der Waals surface area contributed by atoms with Crippen molar-refractivity contribution in [3.8, 4) is 0 Å². The van der Waals surface area contributed by atoms with Crippen LogP contribution >= 0.6 is 0 Å². The van der Waals surface area contributed by atoms with E-state index in [4.69, 9.17) is 4.74 Å². The minimum absolute atomic E-state index is 0. The average Bonchev–Trinajstić information content (AvgIpc) is 2.44. The molecule has 0 bridgehead atoms. The Bertz CT molecular complexity index is 266. The standard InChI is InChI=1S/C14H28N3O3.Re/c1-13(2)14(19)20-11-8-16-7-5-10-17(12-18)9-4-6-15-3;/h13,15-16H,4-11H2,1-3H3;/q-1;.